The van der Waals surface area contributed by atoms with E-state index in [4.69, 9.17) is 5.84 Å². The summed E-state index contributed by atoms with van der Waals surface area (Å²) in [6.07, 6.45) is 0. The van der Waals surface area contributed by atoms with E-state index in [0.717, 1.165) is 11.1 Å². The molecule has 0 bridgehead atoms. The van der Waals surface area contributed by atoms with E-state index in [1.807, 2.05) is 47.0 Å². The molecule has 9 nitrogen and oxygen atoms in total. The summed E-state index contributed by atoms with van der Waals surface area (Å²) in [5.74, 6) is 8.52. The van der Waals surface area contributed by atoms with Crippen molar-refractivity contribution in [2.45, 2.75) is 17.8 Å². The molecule has 0 atom stereocenters. The number of hydrogen-bond acceptors (Lipinski definition) is 8. The third-order valence-corrected chi connectivity index (χ3v) is 6.53. The van der Waals surface area contributed by atoms with Gasteiger partial charge in [-0.1, -0.05) is 41.6 Å². The Morgan fingerprint density at radius 2 is 1.90 bits per heavy atom. The van der Waals surface area contributed by atoms with Gasteiger partial charge in [0.1, 0.15) is 10.5 Å². The molecule has 0 aliphatic heterocycles. The van der Waals surface area contributed by atoms with Gasteiger partial charge in [0.25, 0.3) is 5.56 Å². The summed E-state index contributed by atoms with van der Waals surface area (Å²) in [6.45, 7) is 2.03. The minimum Gasteiger partial charge on any atom is -0.335 e. The number of aryl methyl sites for hydroxylation is 2. The molecule has 2 N–H and O–H groups in total. The van der Waals surface area contributed by atoms with Crippen molar-refractivity contribution in [1.29, 1.82) is 0 Å². The van der Waals surface area contributed by atoms with Gasteiger partial charge in [0, 0.05) is 12.6 Å². The molecule has 0 spiro atoms. The summed E-state index contributed by atoms with van der Waals surface area (Å²) in [7, 11) is 1.70. The van der Waals surface area contributed by atoms with E-state index < -0.39 is 0 Å². The molecule has 4 heterocycles. The highest BCUT2D eigenvalue weighted by Crippen LogP contribution is 2.26. The maximum Gasteiger partial charge on any atom is 0.272 e. The van der Waals surface area contributed by atoms with E-state index in [1.54, 1.807) is 7.05 Å². The Balaban J connectivity index is 1.49. The minimum absolute atomic E-state index is 0.0708. The molecular formula is C18H16N8OS2. The van der Waals surface area contributed by atoms with Crippen LogP contribution in [0, 0.1) is 6.92 Å². The maximum atomic E-state index is 12.4. The van der Waals surface area contributed by atoms with Crippen LogP contribution in [0.25, 0.3) is 27.4 Å². The molecule has 0 radical (unpaired) electrons. The fraction of sp³-hybridized carbons (Fsp3) is 0.167. The Kier molecular flexibility index (Phi) is 4.14. The van der Waals surface area contributed by atoms with Crippen LogP contribution in [0.1, 0.15) is 11.4 Å². The molecule has 11 heteroatoms. The van der Waals surface area contributed by atoms with Gasteiger partial charge in [-0.15, -0.1) is 31.7 Å². The van der Waals surface area contributed by atoms with Gasteiger partial charge < -0.3 is 5.84 Å². The minimum atomic E-state index is -0.0708. The third-order valence-electron chi connectivity index (χ3n) is 4.70. The van der Waals surface area contributed by atoms with Gasteiger partial charge in [-0.3, -0.25) is 13.8 Å². The number of nitrogen functional groups attached to an aromatic ring is 1. The van der Waals surface area contributed by atoms with E-state index in [2.05, 4.69) is 20.4 Å². The molecule has 0 amide bonds. The molecule has 0 saturated carbocycles. The molecule has 5 rings (SSSR count). The number of nitrogens with zero attached hydrogens (tertiary/aromatic N) is 7. The lowest BCUT2D eigenvalue weighted by Gasteiger charge is -2.05. The number of thiophene rings is 1. The Morgan fingerprint density at radius 3 is 2.69 bits per heavy atom. The van der Waals surface area contributed by atoms with Gasteiger partial charge >= 0.3 is 0 Å². The van der Waals surface area contributed by atoms with E-state index >= 15 is 0 Å². The first kappa shape index (κ1) is 17.9. The van der Waals surface area contributed by atoms with E-state index in [0.29, 0.717) is 33.0 Å². The van der Waals surface area contributed by atoms with Gasteiger partial charge in [0.2, 0.25) is 10.9 Å². The molecule has 4 aromatic heterocycles. The fourth-order valence-corrected chi connectivity index (χ4v) is 4.77. The van der Waals surface area contributed by atoms with Gasteiger partial charge in [0.15, 0.2) is 5.82 Å². The van der Waals surface area contributed by atoms with Crippen LogP contribution in [0.5, 0.6) is 0 Å². The van der Waals surface area contributed by atoms with Crippen molar-refractivity contribution in [2.75, 3.05) is 5.84 Å². The van der Waals surface area contributed by atoms with Crippen molar-refractivity contribution in [2.24, 2.45) is 7.05 Å². The quantitative estimate of drug-likeness (QED) is 0.348. The van der Waals surface area contributed by atoms with Crippen molar-refractivity contribution in [1.82, 2.24) is 34.0 Å². The SMILES string of the molecule is Cc1ccc(-c2nnc(SCc3nnc4n(C)c(=O)c5sccc5n34)n2N)cc1. The Labute approximate surface area is 172 Å². The monoisotopic (exact) mass is 424 g/mol. The highest BCUT2D eigenvalue weighted by atomic mass is 32.2. The zero-order valence-electron chi connectivity index (χ0n) is 15.6. The van der Waals surface area contributed by atoms with Gasteiger partial charge in [-0.25, -0.2) is 4.68 Å². The van der Waals surface area contributed by atoms with Gasteiger partial charge in [-0.05, 0) is 18.4 Å². The molecule has 0 fully saturated rings. The summed E-state index contributed by atoms with van der Waals surface area (Å²) >= 11 is 2.83. The zero-order chi connectivity index (χ0) is 20.1. The van der Waals surface area contributed by atoms with E-state index in [9.17, 15) is 4.79 Å². The molecule has 0 unspecified atom stereocenters. The first-order valence-electron chi connectivity index (χ1n) is 8.75. The molecule has 29 heavy (non-hydrogen) atoms. The normalized spacial score (nSPS) is 11.7. The Hall–Kier alpha value is -3.18. The number of fused-ring (bicyclic) bond motifs is 3. The topological polar surface area (TPSA) is 109 Å². The number of benzene rings is 1. The van der Waals surface area contributed by atoms with Crippen molar-refractivity contribution in [3.63, 3.8) is 0 Å². The molecular weight excluding hydrogens is 408 g/mol. The summed E-state index contributed by atoms with van der Waals surface area (Å²) in [5, 5.41) is 19.4. The Bertz CT molecular complexity index is 1410. The molecule has 146 valence electrons. The van der Waals surface area contributed by atoms with Crippen LogP contribution < -0.4 is 11.4 Å². The number of aromatic nitrogens is 7. The fourth-order valence-electron chi connectivity index (χ4n) is 3.15. The second-order valence-corrected chi connectivity index (χ2v) is 8.44. The number of thioether (sulfide) groups is 1. The maximum absolute atomic E-state index is 12.4. The van der Waals surface area contributed by atoms with Gasteiger partial charge in [-0.2, -0.15) is 0 Å². The van der Waals surface area contributed by atoms with Crippen molar-refractivity contribution in [3.05, 3.63) is 57.5 Å². The van der Waals surface area contributed by atoms with E-state index in [1.165, 1.54) is 37.9 Å². The van der Waals surface area contributed by atoms with Crippen LogP contribution in [0.4, 0.5) is 0 Å². The number of nitrogens with two attached hydrogens (primary N) is 1. The first-order chi connectivity index (χ1) is 14.0. The van der Waals surface area contributed by atoms with Crippen molar-refractivity contribution >= 4 is 39.1 Å². The predicted octanol–water partition coefficient (Wildman–Crippen LogP) is 2.22. The average Bonchev–Trinajstić information content (AvgIpc) is 3.43. The lowest BCUT2D eigenvalue weighted by atomic mass is 10.1. The van der Waals surface area contributed by atoms with Crippen LogP contribution in [-0.2, 0) is 12.8 Å². The van der Waals surface area contributed by atoms with Crippen molar-refractivity contribution < 1.29 is 0 Å². The van der Waals surface area contributed by atoms with Crippen LogP contribution >= 0.6 is 23.1 Å². The molecule has 0 aliphatic carbocycles. The number of hydrogen-bond donors (Lipinski definition) is 1. The molecule has 0 saturated heterocycles. The van der Waals surface area contributed by atoms with Crippen LogP contribution in [0.15, 0.2) is 45.7 Å². The number of rotatable bonds is 4. The van der Waals surface area contributed by atoms with Crippen LogP contribution in [-0.4, -0.2) is 34.0 Å². The molecule has 0 aliphatic rings. The lowest BCUT2D eigenvalue weighted by Crippen LogP contribution is -2.19. The second-order valence-electron chi connectivity index (χ2n) is 6.58. The lowest BCUT2D eigenvalue weighted by molar-refractivity contribution is 0.846. The third kappa shape index (κ3) is 2.81. The largest absolute Gasteiger partial charge is 0.335 e. The van der Waals surface area contributed by atoms with E-state index in [-0.39, 0.29) is 5.56 Å². The van der Waals surface area contributed by atoms with Gasteiger partial charge in [0.05, 0.1) is 11.3 Å². The molecule has 5 aromatic rings. The summed E-state index contributed by atoms with van der Waals surface area (Å²) in [4.78, 5) is 12.4. The summed E-state index contributed by atoms with van der Waals surface area (Å²) in [6, 6.07) is 9.87. The first-order valence-corrected chi connectivity index (χ1v) is 10.6. The predicted molar refractivity (Wildman–Crippen MR) is 114 cm³/mol. The highest BCUT2D eigenvalue weighted by Gasteiger charge is 2.18. The Morgan fingerprint density at radius 1 is 1.10 bits per heavy atom. The zero-order valence-corrected chi connectivity index (χ0v) is 17.2. The highest BCUT2D eigenvalue weighted by molar-refractivity contribution is 7.98. The van der Waals surface area contributed by atoms with Crippen LogP contribution in [0.2, 0.25) is 0 Å². The summed E-state index contributed by atoms with van der Waals surface area (Å²) in [5.41, 5.74) is 2.81. The van der Waals surface area contributed by atoms with Crippen molar-refractivity contribution in [3.8, 4) is 11.4 Å². The second kappa shape index (κ2) is 6.71. The summed E-state index contributed by atoms with van der Waals surface area (Å²) < 4.78 is 5.57. The standard InChI is InChI=1S/C18H16N8OS2/c1-10-3-5-11(6-4-10)15-21-23-18(26(15)19)29-9-13-20-22-17-24(2)16(27)14-12(25(13)17)7-8-28-14/h3-8H,9,19H2,1-2H3. The van der Waals surface area contributed by atoms with Crippen LogP contribution in [0.3, 0.4) is 0 Å². The average molecular weight is 425 g/mol. The smallest absolute Gasteiger partial charge is 0.272 e. The molecule has 1 aromatic carbocycles.